The van der Waals surface area contributed by atoms with Crippen LogP contribution in [0.4, 0.5) is 11.5 Å². The van der Waals surface area contributed by atoms with Gasteiger partial charge in [-0.25, -0.2) is 4.98 Å². The van der Waals surface area contributed by atoms with Crippen molar-refractivity contribution in [2.75, 3.05) is 12.4 Å². The van der Waals surface area contributed by atoms with Gasteiger partial charge in [0.05, 0.1) is 12.6 Å². The first-order valence-corrected chi connectivity index (χ1v) is 8.58. The molecule has 130 valence electrons. The van der Waals surface area contributed by atoms with Crippen LogP contribution in [0.2, 0.25) is 0 Å². The third kappa shape index (κ3) is 2.90. The summed E-state index contributed by atoms with van der Waals surface area (Å²) >= 11 is 0. The van der Waals surface area contributed by atoms with Crippen LogP contribution in [0.25, 0.3) is 22.2 Å². The van der Waals surface area contributed by atoms with E-state index in [0.29, 0.717) is 0 Å². The van der Waals surface area contributed by atoms with Gasteiger partial charge in [-0.2, -0.15) is 0 Å². The van der Waals surface area contributed by atoms with Gasteiger partial charge in [-0.1, -0.05) is 24.3 Å². The minimum atomic E-state index is 0.851. The third-order valence-corrected chi connectivity index (χ3v) is 4.62. The fourth-order valence-electron chi connectivity index (χ4n) is 3.28. The molecule has 0 fully saturated rings. The maximum Gasteiger partial charge on any atom is 0.139 e. The number of nitrogens with one attached hydrogen (secondary N) is 1. The minimum Gasteiger partial charge on any atom is -0.497 e. The van der Waals surface area contributed by atoms with Crippen LogP contribution in [0.1, 0.15) is 5.56 Å². The number of fused-ring (bicyclic) bond motifs is 1. The van der Waals surface area contributed by atoms with Gasteiger partial charge in [0.25, 0.3) is 0 Å². The zero-order chi connectivity index (χ0) is 18.1. The second kappa shape index (κ2) is 6.56. The van der Waals surface area contributed by atoms with Gasteiger partial charge in [0.2, 0.25) is 0 Å². The van der Waals surface area contributed by atoms with Crippen molar-refractivity contribution in [3.63, 3.8) is 0 Å². The molecule has 0 spiro atoms. The monoisotopic (exact) mass is 343 g/mol. The summed E-state index contributed by atoms with van der Waals surface area (Å²) in [5.41, 5.74) is 5.63. The molecule has 26 heavy (non-hydrogen) atoms. The second-order valence-electron chi connectivity index (χ2n) is 6.41. The number of nitrogens with zero attached hydrogens (tertiary/aromatic N) is 2. The van der Waals surface area contributed by atoms with Crippen molar-refractivity contribution in [3.05, 3.63) is 72.4 Å². The highest BCUT2D eigenvalue weighted by Crippen LogP contribution is 2.33. The molecule has 0 aliphatic heterocycles. The van der Waals surface area contributed by atoms with E-state index in [2.05, 4.69) is 65.2 Å². The summed E-state index contributed by atoms with van der Waals surface area (Å²) in [6.07, 6.45) is 1.84. The number of rotatable bonds is 4. The van der Waals surface area contributed by atoms with Crippen LogP contribution in [0.3, 0.4) is 0 Å². The molecule has 0 atom stereocenters. The van der Waals surface area contributed by atoms with Crippen molar-refractivity contribution in [1.82, 2.24) is 9.55 Å². The summed E-state index contributed by atoms with van der Waals surface area (Å²) in [6.45, 7) is 2.09. The topological polar surface area (TPSA) is 39.1 Å². The molecule has 2 heterocycles. The molecule has 2 aromatic carbocycles. The lowest BCUT2D eigenvalue weighted by Crippen LogP contribution is -1.95. The zero-order valence-electron chi connectivity index (χ0n) is 15.2. The number of hydrogen-bond acceptors (Lipinski definition) is 3. The SMILES string of the molecule is COc1cccc(-c2cc3c(Nc4cccc(C)c4)nccc3n2C)c1. The van der Waals surface area contributed by atoms with E-state index in [1.165, 1.54) is 5.56 Å². The Hall–Kier alpha value is -3.27. The molecule has 0 aliphatic rings. The molecule has 0 radical (unpaired) electrons. The number of hydrogen-bond donors (Lipinski definition) is 1. The van der Waals surface area contributed by atoms with Crippen LogP contribution in [0, 0.1) is 6.92 Å². The van der Waals surface area contributed by atoms with Gasteiger partial charge in [-0.05, 0) is 48.9 Å². The highest BCUT2D eigenvalue weighted by Gasteiger charge is 2.12. The molecular weight excluding hydrogens is 322 g/mol. The number of anilines is 2. The lowest BCUT2D eigenvalue weighted by Gasteiger charge is -2.08. The second-order valence-corrected chi connectivity index (χ2v) is 6.41. The highest BCUT2D eigenvalue weighted by atomic mass is 16.5. The van der Waals surface area contributed by atoms with Gasteiger partial charge in [0.1, 0.15) is 11.6 Å². The summed E-state index contributed by atoms with van der Waals surface area (Å²) in [5.74, 6) is 1.71. The number of methoxy groups -OCH3 is 1. The Kier molecular flexibility index (Phi) is 4.09. The first-order valence-electron chi connectivity index (χ1n) is 8.58. The average molecular weight is 343 g/mol. The molecule has 0 aliphatic carbocycles. The van der Waals surface area contributed by atoms with Crippen LogP contribution in [-0.4, -0.2) is 16.7 Å². The van der Waals surface area contributed by atoms with E-state index in [9.17, 15) is 0 Å². The van der Waals surface area contributed by atoms with E-state index in [4.69, 9.17) is 4.74 Å². The summed E-state index contributed by atoms with van der Waals surface area (Å²) in [7, 11) is 3.77. The molecular formula is C22H21N3O. The Morgan fingerprint density at radius 1 is 1.00 bits per heavy atom. The molecule has 1 N–H and O–H groups in total. The molecule has 4 heteroatoms. The van der Waals surface area contributed by atoms with E-state index in [1.807, 2.05) is 30.5 Å². The van der Waals surface area contributed by atoms with Crippen molar-refractivity contribution in [2.24, 2.45) is 7.05 Å². The van der Waals surface area contributed by atoms with Gasteiger partial charge < -0.3 is 14.6 Å². The standard InChI is InChI=1S/C22H21N3O/c1-15-6-4-8-17(12-15)24-22-19-14-21(25(2)20(19)10-11-23-22)16-7-5-9-18(13-16)26-3/h4-14H,1-3H3,(H,23,24). The fourth-order valence-corrected chi connectivity index (χ4v) is 3.28. The molecule has 0 unspecified atom stereocenters. The van der Waals surface area contributed by atoms with Crippen LogP contribution in [-0.2, 0) is 7.05 Å². The molecule has 0 bridgehead atoms. The Balaban J connectivity index is 1.82. The Morgan fingerprint density at radius 2 is 1.85 bits per heavy atom. The highest BCUT2D eigenvalue weighted by molar-refractivity contribution is 5.96. The first kappa shape index (κ1) is 16.2. The summed E-state index contributed by atoms with van der Waals surface area (Å²) in [5, 5.41) is 4.55. The molecule has 2 aromatic heterocycles. The van der Waals surface area contributed by atoms with E-state index >= 15 is 0 Å². The molecule has 4 nitrogen and oxygen atoms in total. The summed E-state index contributed by atoms with van der Waals surface area (Å²) in [4.78, 5) is 4.56. The van der Waals surface area contributed by atoms with Gasteiger partial charge in [0.15, 0.2) is 0 Å². The van der Waals surface area contributed by atoms with Crippen LogP contribution >= 0.6 is 0 Å². The predicted molar refractivity (Wildman–Crippen MR) is 107 cm³/mol. The molecule has 0 amide bonds. The van der Waals surface area contributed by atoms with Crippen LogP contribution in [0.15, 0.2) is 66.9 Å². The molecule has 4 aromatic rings. The van der Waals surface area contributed by atoms with Crippen molar-refractivity contribution in [2.45, 2.75) is 6.92 Å². The smallest absolute Gasteiger partial charge is 0.139 e. The summed E-state index contributed by atoms with van der Waals surface area (Å²) < 4.78 is 7.56. The number of aryl methyl sites for hydroxylation is 2. The third-order valence-electron chi connectivity index (χ3n) is 4.62. The van der Waals surface area contributed by atoms with Crippen molar-refractivity contribution in [1.29, 1.82) is 0 Å². The van der Waals surface area contributed by atoms with E-state index in [0.717, 1.165) is 39.4 Å². The number of aromatic nitrogens is 2. The van der Waals surface area contributed by atoms with E-state index in [-0.39, 0.29) is 0 Å². The molecule has 0 saturated carbocycles. The number of benzene rings is 2. The van der Waals surface area contributed by atoms with Gasteiger partial charge in [0, 0.05) is 35.6 Å². The van der Waals surface area contributed by atoms with E-state index < -0.39 is 0 Å². The van der Waals surface area contributed by atoms with Crippen molar-refractivity contribution < 1.29 is 4.74 Å². The van der Waals surface area contributed by atoms with Crippen LogP contribution in [0.5, 0.6) is 5.75 Å². The Bertz CT molecular complexity index is 1080. The lowest BCUT2D eigenvalue weighted by molar-refractivity contribution is 0.415. The Morgan fingerprint density at radius 3 is 2.65 bits per heavy atom. The summed E-state index contributed by atoms with van der Waals surface area (Å²) in [6, 6.07) is 20.6. The van der Waals surface area contributed by atoms with Gasteiger partial charge >= 0.3 is 0 Å². The molecule has 4 rings (SSSR count). The Labute approximate surface area is 153 Å². The van der Waals surface area contributed by atoms with Gasteiger partial charge in [-0.15, -0.1) is 0 Å². The first-order chi connectivity index (χ1) is 12.7. The quantitative estimate of drug-likeness (QED) is 0.546. The van der Waals surface area contributed by atoms with Crippen molar-refractivity contribution in [3.8, 4) is 17.0 Å². The van der Waals surface area contributed by atoms with Crippen LogP contribution < -0.4 is 10.1 Å². The van der Waals surface area contributed by atoms with Crippen molar-refractivity contribution >= 4 is 22.4 Å². The fraction of sp³-hybridized carbons (Fsp3) is 0.136. The maximum atomic E-state index is 5.37. The van der Waals surface area contributed by atoms with Gasteiger partial charge in [-0.3, -0.25) is 0 Å². The maximum absolute atomic E-state index is 5.37. The van der Waals surface area contributed by atoms with E-state index in [1.54, 1.807) is 7.11 Å². The zero-order valence-corrected chi connectivity index (χ0v) is 15.2. The average Bonchev–Trinajstić information content (AvgIpc) is 3.00. The molecule has 0 saturated heterocycles. The predicted octanol–water partition coefficient (Wildman–Crippen LogP) is 5.30. The lowest BCUT2D eigenvalue weighted by atomic mass is 10.1. The minimum absolute atomic E-state index is 0.851. The number of ether oxygens (including phenoxy) is 1. The number of pyridine rings is 1. The normalized spacial score (nSPS) is 10.9. The largest absolute Gasteiger partial charge is 0.497 e.